The average molecular weight is 473 g/mol. The highest BCUT2D eigenvalue weighted by atomic mass is 79.9. The van der Waals surface area contributed by atoms with E-state index in [1.54, 1.807) is 36.4 Å². The lowest BCUT2D eigenvalue weighted by Crippen LogP contribution is -2.36. The predicted octanol–water partition coefficient (Wildman–Crippen LogP) is 3.24. The van der Waals surface area contributed by atoms with Gasteiger partial charge in [-0.15, -0.1) is 4.40 Å². The molecule has 1 aliphatic heterocycles. The quantitative estimate of drug-likeness (QED) is 0.743. The summed E-state index contributed by atoms with van der Waals surface area (Å²) in [4.78, 5) is 12.1. The average Bonchev–Trinajstić information content (AvgIpc) is 2.90. The van der Waals surface area contributed by atoms with Gasteiger partial charge in [0.2, 0.25) is 0 Å². The molecule has 0 atom stereocenters. The van der Waals surface area contributed by atoms with Crippen molar-refractivity contribution >= 4 is 59.3 Å². The van der Waals surface area contributed by atoms with Gasteiger partial charge >= 0.3 is 0 Å². The van der Waals surface area contributed by atoms with Crippen molar-refractivity contribution in [3.05, 3.63) is 57.5 Å². The van der Waals surface area contributed by atoms with Gasteiger partial charge in [-0.1, -0.05) is 34.1 Å². The molecule has 3 rings (SSSR count). The van der Waals surface area contributed by atoms with Crippen LogP contribution in [0.2, 0.25) is 0 Å². The maximum Gasteiger partial charge on any atom is 0.285 e. The van der Waals surface area contributed by atoms with Crippen molar-refractivity contribution in [2.75, 3.05) is 5.01 Å². The van der Waals surface area contributed by atoms with Gasteiger partial charge in [-0.25, -0.2) is 5.01 Å². The molecule has 0 aromatic heterocycles. The van der Waals surface area contributed by atoms with E-state index >= 15 is 0 Å². The van der Waals surface area contributed by atoms with Crippen molar-refractivity contribution in [2.24, 2.45) is 4.40 Å². The Bertz CT molecular complexity index is 930. The van der Waals surface area contributed by atoms with Crippen LogP contribution < -0.4 is 10.4 Å². The van der Waals surface area contributed by atoms with E-state index < -0.39 is 10.0 Å². The first-order valence-electron chi connectivity index (χ1n) is 6.80. The Balaban J connectivity index is 1.92. The number of carbonyl (C=O) groups is 1. The van der Waals surface area contributed by atoms with Crippen LogP contribution >= 0.6 is 31.9 Å². The van der Waals surface area contributed by atoms with Crippen LogP contribution in [0.25, 0.3) is 0 Å². The van der Waals surface area contributed by atoms with E-state index in [-0.39, 0.29) is 23.1 Å². The van der Waals surface area contributed by atoms with Gasteiger partial charge in [0.15, 0.2) is 0 Å². The van der Waals surface area contributed by atoms with Gasteiger partial charge in [-0.05, 0) is 46.3 Å². The van der Waals surface area contributed by atoms with Crippen LogP contribution in [0, 0.1) is 0 Å². The number of amides is 1. The summed E-state index contributed by atoms with van der Waals surface area (Å²) in [5.74, 6) is -0.195. The molecule has 0 radical (unpaired) electrons. The number of hydrazine groups is 1. The first-order chi connectivity index (χ1) is 11.4. The van der Waals surface area contributed by atoms with Crippen molar-refractivity contribution in [1.82, 2.24) is 5.43 Å². The molecule has 0 bridgehead atoms. The molecule has 0 spiro atoms. The predicted molar refractivity (Wildman–Crippen MR) is 98.1 cm³/mol. The summed E-state index contributed by atoms with van der Waals surface area (Å²) >= 11 is 6.45. The third kappa shape index (κ3) is 3.52. The Morgan fingerprint density at radius 1 is 1.08 bits per heavy atom. The zero-order valence-corrected chi connectivity index (χ0v) is 16.1. The van der Waals surface area contributed by atoms with Crippen LogP contribution in [-0.2, 0) is 14.8 Å². The fraction of sp³-hybridized carbons (Fsp3) is 0.0667. The van der Waals surface area contributed by atoms with Crippen LogP contribution in [0.3, 0.4) is 0 Å². The zero-order chi connectivity index (χ0) is 17.3. The standard InChI is InChI=1S/C15H11Br2N3O3S/c16-10-6-7-12(17)13(8-10)24(22,23)19-14-9-15(21)20(18-14)11-4-2-1-3-5-11/h1-8H,9H2,(H,18,19). The molecule has 24 heavy (non-hydrogen) atoms. The third-order valence-corrected chi connectivity index (χ3v) is 6.03. The maximum atomic E-state index is 12.5. The lowest BCUT2D eigenvalue weighted by molar-refractivity contribution is -0.116. The fourth-order valence-electron chi connectivity index (χ4n) is 2.16. The van der Waals surface area contributed by atoms with Crippen LogP contribution in [0.4, 0.5) is 5.69 Å². The molecule has 6 nitrogen and oxygen atoms in total. The van der Waals surface area contributed by atoms with Gasteiger partial charge in [0.25, 0.3) is 15.9 Å². The molecule has 2 aromatic carbocycles. The molecule has 0 saturated carbocycles. The molecule has 124 valence electrons. The first kappa shape index (κ1) is 17.1. The summed E-state index contributed by atoms with van der Waals surface area (Å²) < 4.78 is 29.8. The number of sulfonamides is 1. The summed E-state index contributed by atoms with van der Waals surface area (Å²) in [6, 6.07) is 13.7. The number of halogens is 2. The molecule has 1 amide bonds. The maximum absolute atomic E-state index is 12.5. The van der Waals surface area contributed by atoms with Crippen molar-refractivity contribution in [3.8, 4) is 0 Å². The summed E-state index contributed by atoms with van der Waals surface area (Å²) in [5.41, 5.74) is 3.36. The van der Waals surface area contributed by atoms with E-state index in [1.165, 1.54) is 11.1 Å². The number of hydrogen-bond acceptors (Lipinski definition) is 3. The molecule has 1 N–H and O–H groups in total. The van der Waals surface area contributed by atoms with Crippen LogP contribution in [0.1, 0.15) is 6.42 Å². The van der Waals surface area contributed by atoms with E-state index in [2.05, 4.69) is 41.7 Å². The number of anilines is 1. The van der Waals surface area contributed by atoms with Gasteiger partial charge < -0.3 is 0 Å². The van der Waals surface area contributed by atoms with Gasteiger partial charge in [0.05, 0.1) is 12.1 Å². The largest absolute Gasteiger partial charge is 0.285 e. The molecule has 1 saturated heterocycles. The number of amidine groups is 1. The summed E-state index contributed by atoms with van der Waals surface area (Å²) in [6.07, 6.45) is -0.111. The Labute approximate surface area is 155 Å². The lowest BCUT2D eigenvalue weighted by Gasteiger charge is -2.15. The monoisotopic (exact) mass is 471 g/mol. The number of nitrogens with one attached hydrogen (secondary N) is 1. The minimum Gasteiger partial charge on any atom is -0.277 e. The Hall–Kier alpha value is -1.71. The second kappa shape index (κ2) is 6.66. The van der Waals surface area contributed by atoms with E-state index in [0.717, 1.165) is 0 Å². The van der Waals surface area contributed by atoms with Crippen LogP contribution in [-0.4, -0.2) is 20.2 Å². The normalized spacial score (nSPS) is 16.5. The van der Waals surface area contributed by atoms with E-state index in [4.69, 9.17) is 0 Å². The molecule has 2 aromatic rings. The Morgan fingerprint density at radius 3 is 2.50 bits per heavy atom. The summed E-state index contributed by atoms with van der Waals surface area (Å²) in [6.45, 7) is 0. The van der Waals surface area contributed by atoms with E-state index in [9.17, 15) is 13.2 Å². The number of para-hydroxylation sites is 1. The zero-order valence-electron chi connectivity index (χ0n) is 12.1. The molecule has 0 aliphatic carbocycles. The SMILES string of the molecule is O=C1CC(=NS(=O)(=O)c2cc(Br)ccc2Br)NN1c1ccccc1. The smallest absolute Gasteiger partial charge is 0.277 e. The fourth-order valence-corrected chi connectivity index (χ4v) is 4.62. The minimum absolute atomic E-state index is 0.0248. The minimum atomic E-state index is -3.96. The number of benzene rings is 2. The first-order valence-corrected chi connectivity index (χ1v) is 9.83. The summed E-state index contributed by atoms with van der Waals surface area (Å²) in [7, 11) is -3.96. The highest BCUT2D eigenvalue weighted by Gasteiger charge is 2.29. The van der Waals surface area contributed by atoms with Gasteiger partial charge in [0, 0.05) is 8.95 Å². The molecule has 9 heteroatoms. The topological polar surface area (TPSA) is 78.8 Å². The summed E-state index contributed by atoms with van der Waals surface area (Å²) in [5, 5.41) is 1.28. The van der Waals surface area contributed by atoms with Gasteiger partial charge in [0.1, 0.15) is 10.7 Å². The Morgan fingerprint density at radius 2 is 1.79 bits per heavy atom. The highest BCUT2D eigenvalue weighted by molar-refractivity contribution is 9.11. The molecule has 0 unspecified atom stereocenters. The van der Waals surface area contributed by atoms with Crippen molar-refractivity contribution < 1.29 is 13.2 Å². The van der Waals surface area contributed by atoms with Gasteiger partial charge in [-0.3, -0.25) is 10.2 Å². The van der Waals surface area contributed by atoms with Crippen molar-refractivity contribution in [3.63, 3.8) is 0 Å². The highest BCUT2D eigenvalue weighted by Crippen LogP contribution is 2.27. The van der Waals surface area contributed by atoms with Crippen LogP contribution in [0.5, 0.6) is 0 Å². The number of rotatable bonds is 3. The number of carbonyl (C=O) groups excluding carboxylic acids is 1. The molecule has 1 aliphatic rings. The molecule has 1 fully saturated rings. The molecule has 1 heterocycles. The van der Waals surface area contributed by atoms with E-state index in [0.29, 0.717) is 14.6 Å². The van der Waals surface area contributed by atoms with E-state index in [1.807, 2.05) is 6.07 Å². The molecular formula is C15H11Br2N3O3S. The third-order valence-electron chi connectivity index (χ3n) is 3.22. The second-order valence-corrected chi connectivity index (χ2v) is 8.28. The second-order valence-electron chi connectivity index (χ2n) is 4.94. The lowest BCUT2D eigenvalue weighted by atomic mass is 10.3. The van der Waals surface area contributed by atoms with Crippen molar-refractivity contribution in [1.29, 1.82) is 0 Å². The number of hydrogen-bond donors (Lipinski definition) is 1. The van der Waals surface area contributed by atoms with Gasteiger partial charge in [-0.2, -0.15) is 8.42 Å². The van der Waals surface area contributed by atoms with Crippen molar-refractivity contribution in [2.45, 2.75) is 11.3 Å². The van der Waals surface area contributed by atoms with Crippen LogP contribution in [0.15, 0.2) is 66.8 Å². The molecular weight excluding hydrogens is 462 g/mol. The Kier molecular flexibility index (Phi) is 4.75. The number of nitrogens with zero attached hydrogens (tertiary/aromatic N) is 2.